The number of unbranched alkanes of at least 4 members (excludes halogenated alkanes) is 1. The molecule has 102 valence electrons. The summed E-state index contributed by atoms with van der Waals surface area (Å²) in [5, 5.41) is 0. The summed E-state index contributed by atoms with van der Waals surface area (Å²) in [7, 11) is 0. The van der Waals surface area contributed by atoms with Gasteiger partial charge in [0.05, 0.1) is 17.9 Å². The number of hydrogen-bond acceptors (Lipinski definition) is 2. The van der Waals surface area contributed by atoms with Gasteiger partial charge in [0.15, 0.2) is 11.6 Å². The standard InChI is InChI=1S/C14H17F2N3/c1-2-3-4-12(17)14-18-8-13(19-14)9-5-6-10(15)11(16)7-9/h5-8,12H,2-4,17H2,1H3,(H,18,19). The lowest BCUT2D eigenvalue weighted by molar-refractivity contribution is 0.509. The van der Waals surface area contributed by atoms with Gasteiger partial charge < -0.3 is 10.7 Å². The maximum atomic E-state index is 13.2. The Kier molecular flexibility index (Phi) is 4.27. The zero-order valence-electron chi connectivity index (χ0n) is 10.8. The van der Waals surface area contributed by atoms with Crippen LogP contribution in [0.1, 0.15) is 38.1 Å². The summed E-state index contributed by atoms with van der Waals surface area (Å²) in [5.41, 5.74) is 7.19. The largest absolute Gasteiger partial charge is 0.341 e. The maximum Gasteiger partial charge on any atom is 0.159 e. The number of nitrogens with two attached hydrogens (primary N) is 1. The number of aromatic nitrogens is 2. The number of aromatic amines is 1. The molecule has 0 amide bonds. The number of rotatable bonds is 5. The van der Waals surface area contributed by atoms with Gasteiger partial charge in [0.1, 0.15) is 5.82 Å². The molecule has 0 aliphatic rings. The van der Waals surface area contributed by atoms with Gasteiger partial charge in [0.2, 0.25) is 0 Å². The molecule has 5 heteroatoms. The van der Waals surface area contributed by atoms with Crippen LogP contribution >= 0.6 is 0 Å². The van der Waals surface area contributed by atoms with E-state index in [1.165, 1.54) is 6.07 Å². The van der Waals surface area contributed by atoms with E-state index in [4.69, 9.17) is 5.73 Å². The van der Waals surface area contributed by atoms with E-state index in [2.05, 4.69) is 16.9 Å². The van der Waals surface area contributed by atoms with Crippen LogP contribution in [-0.4, -0.2) is 9.97 Å². The van der Waals surface area contributed by atoms with Crippen LogP contribution in [0.25, 0.3) is 11.3 Å². The van der Waals surface area contributed by atoms with Gasteiger partial charge in [-0.3, -0.25) is 0 Å². The Morgan fingerprint density at radius 2 is 2.11 bits per heavy atom. The fourth-order valence-corrected chi connectivity index (χ4v) is 1.90. The molecule has 2 rings (SSSR count). The molecule has 2 aromatic rings. The monoisotopic (exact) mass is 265 g/mol. The molecule has 1 heterocycles. The fourth-order valence-electron chi connectivity index (χ4n) is 1.90. The van der Waals surface area contributed by atoms with E-state index in [0.717, 1.165) is 31.4 Å². The first kappa shape index (κ1) is 13.7. The lowest BCUT2D eigenvalue weighted by atomic mass is 10.1. The van der Waals surface area contributed by atoms with Gasteiger partial charge in [-0.2, -0.15) is 0 Å². The van der Waals surface area contributed by atoms with Gasteiger partial charge in [0, 0.05) is 5.56 Å². The minimum absolute atomic E-state index is 0.154. The van der Waals surface area contributed by atoms with Crippen LogP contribution in [0.4, 0.5) is 8.78 Å². The van der Waals surface area contributed by atoms with Gasteiger partial charge in [-0.25, -0.2) is 13.8 Å². The van der Waals surface area contributed by atoms with Gasteiger partial charge in [-0.15, -0.1) is 0 Å². The molecule has 1 aromatic heterocycles. The Balaban J connectivity index is 2.18. The summed E-state index contributed by atoms with van der Waals surface area (Å²) in [5.74, 6) is -1.06. The average Bonchev–Trinajstić information content (AvgIpc) is 2.89. The average molecular weight is 265 g/mol. The van der Waals surface area contributed by atoms with Crippen LogP contribution in [-0.2, 0) is 0 Å². The fraction of sp³-hybridized carbons (Fsp3) is 0.357. The SMILES string of the molecule is CCCCC(N)c1ncc(-c2ccc(F)c(F)c2)[nH]1. The molecule has 0 aliphatic carbocycles. The Morgan fingerprint density at radius 1 is 1.32 bits per heavy atom. The molecule has 0 fully saturated rings. The third-order valence-corrected chi connectivity index (χ3v) is 3.05. The minimum Gasteiger partial charge on any atom is -0.341 e. The zero-order chi connectivity index (χ0) is 13.8. The molecule has 19 heavy (non-hydrogen) atoms. The number of nitrogens with one attached hydrogen (secondary N) is 1. The molecule has 1 atom stereocenters. The first-order valence-corrected chi connectivity index (χ1v) is 6.37. The molecule has 1 unspecified atom stereocenters. The van der Waals surface area contributed by atoms with Crippen molar-refractivity contribution < 1.29 is 8.78 Å². The minimum atomic E-state index is -0.871. The number of H-pyrrole nitrogens is 1. The van der Waals surface area contributed by atoms with Crippen molar-refractivity contribution >= 4 is 0 Å². The number of imidazole rings is 1. The molecule has 0 saturated carbocycles. The maximum absolute atomic E-state index is 13.2. The zero-order valence-corrected chi connectivity index (χ0v) is 10.8. The first-order valence-electron chi connectivity index (χ1n) is 6.37. The normalized spacial score (nSPS) is 12.6. The van der Waals surface area contributed by atoms with Crippen LogP contribution in [0, 0.1) is 11.6 Å². The second kappa shape index (κ2) is 5.93. The van der Waals surface area contributed by atoms with Gasteiger partial charge in [-0.1, -0.05) is 19.8 Å². The number of hydrogen-bond donors (Lipinski definition) is 2. The van der Waals surface area contributed by atoms with Crippen molar-refractivity contribution in [3.63, 3.8) is 0 Å². The highest BCUT2D eigenvalue weighted by Crippen LogP contribution is 2.22. The predicted molar refractivity (Wildman–Crippen MR) is 70.4 cm³/mol. The van der Waals surface area contributed by atoms with Crippen molar-refractivity contribution in [2.45, 2.75) is 32.2 Å². The number of halogens is 2. The smallest absolute Gasteiger partial charge is 0.159 e. The third-order valence-electron chi connectivity index (χ3n) is 3.05. The van der Waals surface area contributed by atoms with Crippen LogP contribution < -0.4 is 5.73 Å². The Hall–Kier alpha value is -1.75. The molecule has 0 spiro atoms. The summed E-state index contributed by atoms with van der Waals surface area (Å²) in [4.78, 5) is 7.26. The highest BCUT2D eigenvalue weighted by Gasteiger charge is 2.11. The molecule has 0 saturated heterocycles. The number of benzene rings is 1. The van der Waals surface area contributed by atoms with E-state index in [1.54, 1.807) is 6.20 Å². The van der Waals surface area contributed by atoms with E-state index in [1.807, 2.05) is 0 Å². The van der Waals surface area contributed by atoms with E-state index in [0.29, 0.717) is 17.1 Å². The highest BCUT2D eigenvalue weighted by atomic mass is 19.2. The van der Waals surface area contributed by atoms with E-state index in [9.17, 15) is 8.78 Å². The highest BCUT2D eigenvalue weighted by molar-refractivity contribution is 5.58. The van der Waals surface area contributed by atoms with Gasteiger partial charge in [0.25, 0.3) is 0 Å². The second-order valence-corrected chi connectivity index (χ2v) is 4.56. The second-order valence-electron chi connectivity index (χ2n) is 4.56. The molecule has 0 bridgehead atoms. The van der Waals surface area contributed by atoms with E-state index >= 15 is 0 Å². The molecule has 1 aromatic carbocycles. The van der Waals surface area contributed by atoms with Crippen molar-refractivity contribution in [3.05, 3.63) is 41.9 Å². The molecule has 3 N–H and O–H groups in total. The van der Waals surface area contributed by atoms with E-state index in [-0.39, 0.29) is 6.04 Å². The predicted octanol–water partition coefficient (Wildman–Crippen LogP) is 3.54. The van der Waals surface area contributed by atoms with Crippen LogP contribution in [0.2, 0.25) is 0 Å². The Bertz CT molecular complexity index is 551. The number of nitrogens with zero attached hydrogens (tertiary/aromatic N) is 1. The molecule has 0 radical (unpaired) electrons. The summed E-state index contributed by atoms with van der Waals surface area (Å²) in [6.45, 7) is 2.10. The summed E-state index contributed by atoms with van der Waals surface area (Å²) in [6.07, 6.45) is 4.54. The van der Waals surface area contributed by atoms with Crippen LogP contribution in [0.15, 0.2) is 24.4 Å². The van der Waals surface area contributed by atoms with Crippen molar-refractivity contribution in [3.8, 4) is 11.3 Å². The molecular formula is C14H17F2N3. The Morgan fingerprint density at radius 3 is 2.79 bits per heavy atom. The molecule has 3 nitrogen and oxygen atoms in total. The lowest BCUT2D eigenvalue weighted by Crippen LogP contribution is -2.11. The summed E-state index contributed by atoms with van der Waals surface area (Å²) >= 11 is 0. The van der Waals surface area contributed by atoms with E-state index < -0.39 is 11.6 Å². The van der Waals surface area contributed by atoms with Crippen molar-refractivity contribution in [1.29, 1.82) is 0 Å². The van der Waals surface area contributed by atoms with Crippen molar-refractivity contribution in [2.75, 3.05) is 0 Å². The lowest BCUT2D eigenvalue weighted by Gasteiger charge is -2.07. The van der Waals surface area contributed by atoms with Crippen LogP contribution in [0.5, 0.6) is 0 Å². The third kappa shape index (κ3) is 3.17. The van der Waals surface area contributed by atoms with Crippen LogP contribution in [0.3, 0.4) is 0 Å². The summed E-state index contributed by atoms with van der Waals surface area (Å²) < 4.78 is 26.0. The molecular weight excluding hydrogens is 248 g/mol. The van der Waals surface area contributed by atoms with Gasteiger partial charge >= 0.3 is 0 Å². The first-order chi connectivity index (χ1) is 9.11. The summed E-state index contributed by atoms with van der Waals surface area (Å²) in [6, 6.07) is 3.60. The topological polar surface area (TPSA) is 54.7 Å². The molecule has 0 aliphatic heterocycles. The van der Waals surface area contributed by atoms with Crippen molar-refractivity contribution in [2.24, 2.45) is 5.73 Å². The van der Waals surface area contributed by atoms with Crippen molar-refractivity contribution in [1.82, 2.24) is 9.97 Å². The Labute approximate surface area is 110 Å². The quantitative estimate of drug-likeness (QED) is 0.868. The van der Waals surface area contributed by atoms with Gasteiger partial charge in [-0.05, 0) is 24.6 Å².